The summed E-state index contributed by atoms with van der Waals surface area (Å²) in [5, 5.41) is 12.9. The number of aliphatic hydroxyl groups is 1. The van der Waals surface area contributed by atoms with Gasteiger partial charge in [-0.3, -0.25) is 4.98 Å². The summed E-state index contributed by atoms with van der Waals surface area (Å²) in [5.74, 6) is 0.293. The average molecular weight is 358 g/mol. The van der Waals surface area contributed by atoms with Crippen molar-refractivity contribution < 1.29 is 18.3 Å². The zero-order valence-corrected chi connectivity index (χ0v) is 13.9. The Hall–Kier alpha value is -1.87. The van der Waals surface area contributed by atoms with Crippen LogP contribution in [0.15, 0.2) is 30.5 Å². The van der Waals surface area contributed by atoms with E-state index in [0.717, 1.165) is 6.07 Å². The Morgan fingerprint density at radius 3 is 2.58 bits per heavy atom. The largest absolute Gasteiger partial charge is 0.433 e. The van der Waals surface area contributed by atoms with Crippen LogP contribution >= 0.6 is 11.8 Å². The molecule has 2 aromatic rings. The highest BCUT2D eigenvalue weighted by Gasteiger charge is 2.34. The Labute approximate surface area is 141 Å². The topological polar surface area (TPSA) is 70.9 Å². The van der Waals surface area contributed by atoms with E-state index in [1.165, 1.54) is 24.0 Å². The van der Waals surface area contributed by atoms with E-state index >= 15 is 0 Å². The van der Waals surface area contributed by atoms with Crippen LogP contribution in [0.3, 0.4) is 0 Å². The lowest BCUT2D eigenvalue weighted by atomic mass is 10.1. The summed E-state index contributed by atoms with van der Waals surface area (Å²) in [6, 6.07) is 5.64. The minimum absolute atomic E-state index is 0.0145. The molecule has 1 atom stereocenters. The van der Waals surface area contributed by atoms with Gasteiger partial charge in [-0.2, -0.15) is 24.9 Å². The molecule has 0 bridgehead atoms. The Morgan fingerprint density at radius 2 is 2.00 bits per heavy atom. The molecule has 0 saturated heterocycles. The predicted octanol–water partition coefficient (Wildman–Crippen LogP) is 3.08. The lowest BCUT2D eigenvalue weighted by Gasteiger charge is -2.23. The zero-order valence-electron chi connectivity index (χ0n) is 13.1. The minimum atomic E-state index is -4.61. The van der Waals surface area contributed by atoms with Crippen LogP contribution in [0.1, 0.15) is 12.6 Å². The highest BCUT2D eigenvalue weighted by atomic mass is 32.2. The molecule has 0 fully saturated rings. The SMILES string of the molecule is CSCC(C)(O)CNc1cc(C(F)(F)F)nc(-c2ccccn2)n1. The van der Waals surface area contributed by atoms with E-state index in [2.05, 4.69) is 20.3 Å². The number of alkyl halides is 3. The van der Waals surface area contributed by atoms with Gasteiger partial charge in [-0.05, 0) is 25.3 Å². The van der Waals surface area contributed by atoms with Crippen molar-refractivity contribution in [3.05, 3.63) is 36.2 Å². The number of nitrogens with zero attached hydrogens (tertiary/aromatic N) is 3. The Bertz CT molecular complexity index is 680. The van der Waals surface area contributed by atoms with E-state index in [4.69, 9.17) is 0 Å². The third kappa shape index (κ3) is 5.07. The van der Waals surface area contributed by atoms with Gasteiger partial charge in [0.1, 0.15) is 11.5 Å². The van der Waals surface area contributed by atoms with Gasteiger partial charge < -0.3 is 10.4 Å². The van der Waals surface area contributed by atoms with Gasteiger partial charge in [-0.1, -0.05) is 6.07 Å². The second-order valence-corrected chi connectivity index (χ2v) is 6.32. The third-order valence-corrected chi connectivity index (χ3v) is 3.93. The molecule has 0 aliphatic rings. The molecule has 9 heteroatoms. The van der Waals surface area contributed by atoms with Crippen LogP contribution in [-0.4, -0.2) is 44.2 Å². The second-order valence-electron chi connectivity index (χ2n) is 5.46. The first kappa shape index (κ1) is 18.5. The summed E-state index contributed by atoms with van der Waals surface area (Å²) in [5.41, 5.74) is -1.90. The summed E-state index contributed by atoms with van der Waals surface area (Å²) < 4.78 is 39.2. The number of anilines is 1. The first-order valence-corrected chi connectivity index (χ1v) is 8.43. The van der Waals surface area contributed by atoms with Gasteiger partial charge in [0.05, 0.1) is 5.60 Å². The Balaban J connectivity index is 2.34. The van der Waals surface area contributed by atoms with Crippen molar-refractivity contribution >= 4 is 17.6 Å². The molecule has 5 nitrogen and oxygen atoms in total. The molecule has 0 aliphatic heterocycles. The quantitative estimate of drug-likeness (QED) is 0.827. The molecule has 0 spiro atoms. The Morgan fingerprint density at radius 1 is 1.25 bits per heavy atom. The smallest absolute Gasteiger partial charge is 0.387 e. The highest BCUT2D eigenvalue weighted by Crippen LogP contribution is 2.30. The molecule has 130 valence electrons. The van der Waals surface area contributed by atoms with Crippen molar-refractivity contribution in [2.24, 2.45) is 0 Å². The molecule has 1 unspecified atom stereocenters. The van der Waals surface area contributed by atoms with Crippen LogP contribution in [0, 0.1) is 0 Å². The van der Waals surface area contributed by atoms with E-state index in [-0.39, 0.29) is 23.9 Å². The van der Waals surface area contributed by atoms with Crippen molar-refractivity contribution in [2.75, 3.05) is 23.9 Å². The molecule has 0 amide bonds. The van der Waals surface area contributed by atoms with E-state index < -0.39 is 17.5 Å². The lowest BCUT2D eigenvalue weighted by Crippen LogP contribution is -2.36. The molecule has 0 aromatic carbocycles. The van der Waals surface area contributed by atoms with E-state index in [1.54, 1.807) is 19.1 Å². The van der Waals surface area contributed by atoms with Crippen molar-refractivity contribution in [1.29, 1.82) is 0 Å². The fraction of sp³-hybridized carbons (Fsp3) is 0.400. The summed E-state index contributed by atoms with van der Waals surface area (Å²) in [6.45, 7) is 1.66. The molecule has 0 radical (unpaired) electrons. The van der Waals surface area contributed by atoms with Crippen molar-refractivity contribution in [3.8, 4) is 11.5 Å². The van der Waals surface area contributed by atoms with Gasteiger partial charge in [0.25, 0.3) is 0 Å². The van der Waals surface area contributed by atoms with Gasteiger partial charge in [-0.25, -0.2) is 9.97 Å². The van der Waals surface area contributed by atoms with Gasteiger partial charge in [-0.15, -0.1) is 0 Å². The van der Waals surface area contributed by atoms with E-state index in [1.807, 2.05) is 6.26 Å². The van der Waals surface area contributed by atoms with Crippen molar-refractivity contribution in [1.82, 2.24) is 15.0 Å². The van der Waals surface area contributed by atoms with Gasteiger partial charge in [0.2, 0.25) is 0 Å². The minimum Gasteiger partial charge on any atom is -0.387 e. The molecular formula is C15H17F3N4OS. The number of halogens is 3. The molecule has 0 saturated carbocycles. The summed E-state index contributed by atoms with van der Waals surface area (Å²) in [4.78, 5) is 11.6. The zero-order chi connectivity index (χ0) is 17.8. The second kappa shape index (κ2) is 7.35. The molecule has 2 N–H and O–H groups in total. The van der Waals surface area contributed by atoms with Crippen molar-refractivity contribution in [3.63, 3.8) is 0 Å². The molecule has 2 rings (SSSR count). The molecular weight excluding hydrogens is 341 g/mol. The number of thioether (sulfide) groups is 1. The summed E-state index contributed by atoms with van der Waals surface area (Å²) in [6.07, 6.45) is -1.32. The third-order valence-electron chi connectivity index (χ3n) is 3.02. The van der Waals surface area contributed by atoms with Crippen LogP contribution < -0.4 is 5.32 Å². The van der Waals surface area contributed by atoms with Gasteiger partial charge in [0, 0.05) is 24.6 Å². The number of aromatic nitrogens is 3. The molecule has 0 aliphatic carbocycles. The number of nitrogens with one attached hydrogen (secondary N) is 1. The predicted molar refractivity (Wildman–Crippen MR) is 87.8 cm³/mol. The van der Waals surface area contributed by atoms with Crippen LogP contribution in [-0.2, 0) is 6.18 Å². The maximum absolute atomic E-state index is 13.1. The Kier molecular flexibility index (Phi) is 5.66. The lowest BCUT2D eigenvalue weighted by molar-refractivity contribution is -0.141. The first-order chi connectivity index (χ1) is 11.2. The number of rotatable bonds is 6. The van der Waals surface area contributed by atoms with E-state index in [9.17, 15) is 18.3 Å². The standard InChI is InChI=1S/C15H17F3N4OS/c1-14(23,9-24-2)8-20-12-7-11(15(16,17)18)21-13(22-12)10-5-3-4-6-19-10/h3-7,23H,8-9H2,1-2H3,(H,20,21,22). The monoisotopic (exact) mass is 358 g/mol. The van der Waals surface area contributed by atoms with E-state index in [0.29, 0.717) is 5.75 Å². The van der Waals surface area contributed by atoms with Crippen LogP contribution in [0.5, 0.6) is 0 Å². The maximum atomic E-state index is 13.1. The first-order valence-electron chi connectivity index (χ1n) is 7.04. The maximum Gasteiger partial charge on any atom is 0.433 e. The summed E-state index contributed by atoms with van der Waals surface area (Å²) >= 11 is 1.44. The normalized spacial score (nSPS) is 14.2. The molecule has 2 aromatic heterocycles. The summed E-state index contributed by atoms with van der Waals surface area (Å²) in [7, 11) is 0. The van der Waals surface area contributed by atoms with Crippen molar-refractivity contribution in [2.45, 2.75) is 18.7 Å². The number of hydrogen-bond donors (Lipinski definition) is 2. The fourth-order valence-electron chi connectivity index (χ4n) is 1.94. The van der Waals surface area contributed by atoms with Crippen LogP contribution in [0.25, 0.3) is 11.5 Å². The molecule has 24 heavy (non-hydrogen) atoms. The number of hydrogen-bond acceptors (Lipinski definition) is 6. The fourth-order valence-corrected chi connectivity index (χ4v) is 2.66. The highest BCUT2D eigenvalue weighted by molar-refractivity contribution is 7.98. The van der Waals surface area contributed by atoms with Crippen LogP contribution in [0.2, 0.25) is 0 Å². The van der Waals surface area contributed by atoms with Gasteiger partial charge >= 0.3 is 6.18 Å². The molecule has 2 heterocycles. The average Bonchev–Trinajstić information content (AvgIpc) is 2.53. The number of pyridine rings is 1. The van der Waals surface area contributed by atoms with Crippen LogP contribution in [0.4, 0.5) is 19.0 Å². The van der Waals surface area contributed by atoms with Gasteiger partial charge in [0.15, 0.2) is 11.5 Å².